The molecule has 0 amide bonds. The molecule has 0 unspecified atom stereocenters. The van der Waals surface area contributed by atoms with Gasteiger partial charge < -0.3 is 9.13 Å². The molecule has 0 N–H and O–H groups in total. The van der Waals surface area contributed by atoms with Gasteiger partial charge in [-0.05, 0) is 128 Å². The molecule has 11 aromatic rings. The van der Waals surface area contributed by atoms with Gasteiger partial charge in [0.2, 0.25) is 0 Å². The highest BCUT2D eigenvalue weighted by Gasteiger charge is 2.16. The molecule has 0 radical (unpaired) electrons. The highest BCUT2D eigenvalue weighted by Crippen LogP contribution is 2.43. The van der Waals surface area contributed by atoms with Crippen molar-refractivity contribution in [1.29, 1.82) is 0 Å². The lowest BCUT2D eigenvalue weighted by molar-refractivity contribution is 1.18. The van der Waals surface area contributed by atoms with E-state index in [1.165, 1.54) is 98.2 Å². The van der Waals surface area contributed by atoms with Gasteiger partial charge in [-0.3, -0.25) is 0 Å². The molecule has 0 aliphatic heterocycles. The first-order valence-corrected chi connectivity index (χ1v) is 18.5. The summed E-state index contributed by atoms with van der Waals surface area (Å²) in [6.07, 6.45) is 0. The van der Waals surface area contributed by atoms with Crippen LogP contribution in [-0.4, -0.2) is 9.13 Å². The molecule has 3 aromatic heterocycles. The number of rotatable bonds is 4. The van der Waals surface area contributed by atoms with E-state index >= 15 is 0 Å². The SMILES string of the molecule is c1ccc(-n2c3ccccc3c3cc(-c4ccc5[pH]c6ccc(-c7ccc8c(c7)c7ccccc7n8-c7ccccc7)cc6c5c4)ccc32)cc1. The molecule has 238 valence electrons. The number of aromatic nitrogens is 2. The number of benzene rings is 8. The summed E-state index contributed by atoms with van der Waals surface area (Å²) < 4.78 is 4.76. The van der Waals surface area contributed by atoms with Gasteiger partial charge in [0, 0.05) is 32.9 Å². The third-order valence-electron chi connectivity index (χ3n) is 10.6. The van der Waals surface area contributed by atoms with Crippen molar-refractivity contribution in [3.8, 4) is 33.6 Å². The average molecular weight is 667 g/mol. The molecule has 0 spiro atoms. The summed E-state index contributed by atoms with van der Waals surface area (Å²) in [5.41, 5.74) is 12.3. The van der Waals surface area contributed by atoms with Crippen molar-refractivity contribution in [3.63, 3.8) is 0 Å². The molecule has 0 fully saturated rings. The van der Waals surface area contributed by atoms with Crippen LogP contribution >= 0.6 is 8.19 Å². The summed E-state index contributed by atoms with van der Waals surface area (Å²) in [6.45, 7) is 0. The van der Waals surface area contributed by atoms with E-state index in [0.29, 0.717) is 8.19 Å². The Morgan fingerprint density at radius 2 is 0.627 bits per heavy atom. The molecule has 2 nitrogen and oxygen atoms in total. The van der Waals surface area contributed by atoms with Gasteiger partial charge in [0.05, 0.1) is 22.1 Å². The second-order valence-electron chi connectivity index (χ2n) is 13.5. The zero-order valence-electron chi connectivity index (χ0n) is 27.7. The lowest BCUT2D eigenvalue weighted by Gasteiger charge is -2.09. The molecule has 3 heterocycles. The Balaban J connectivity index is 1.04. The summed E-state index contributed by atoms with van der Waals surface area (Å²) in [5.74, 6) is 0. The van der Waals surface area contributed by atoms with E-state index in [0.717, 1.165) is 0 Å². The summed E-state index contributed by atoms with van der Waals surface area (Å²) in [7, 11) is 0.670. The quantitative estimate of drug-likeness (QED) is 0.177. The first-order chi connectivity index (χ1) is 25.3. The van der Waals surface area contributed by atoms with E-state index in [9.17, 15) is 0 Å². The fourth-order valence-electron chi connectivity index (χ4n) is 8.27. The van der Waals surface area contributed by atoms with E-state index in [2.05, 4.69) is 191 Å². The Hall–Kier alpha value is -6.34. The van der Waals surface area contributed by atoms with Crippen LogP contribution in [-0.2, 0) is 0 Å². The fraction of sp³-hybridized carbons (Fsp3) is 0. The second-order valence-corrected chi connectivity index (χ2v) is 14.8. The van der Waals surface area contributed by atoms with Crippen LogP contribution in [0, 0.1) is 0 Å². The van der Waals surface area contributed by atoms with E-state index in [1.54, 1.807) is 0 Å². The maximum Gasteiger partial charge on any atom is 0.0541 e. The van der Waals surface area contributed by atoms with Gasteiger partial charge in [-0.1, -0.05) is 97.1 Å². The van der Waals surface area contributed by atoms with Crippen LogP contribution in [0.4, 0.5) is 0 Å². The van der Waals surface area contributed by atoms with Crippen molar-refractivity contribution >= 4 is 72.8 Å². The standard InChI is InChI=1S/C48H31N2P/c1-3-11-35(12-4-1)49-43-17-9-7-15-37(43)39-27-31(19-23-45(39)49)33-21-25-47-41(29-33)42-30-34(22-26-48(42)51-47)32-20-24-46-40(28-32)38-16-8-10-18-44(38)50(46)36-13-5-2-6-14-36/h1-30,51H. The van der Waals surface area contributed by atoms with Crippen LogP contribution in [0.3, 0.4) is 0 Å². The maximum atomic E-state index is 2.42. The summed E-state index contributed by atoms with van der Waals surface area (Å²) >= 11 is 0. The average Bonchev–Trinajstić information content (AvgIpc) is 3.85. The molecule has 0 saturated heterocycles. The Morgan fingerprint density at radius 1 is 0.275 bits per heavy atom. The van der Waals surface area contributed by atoms with Crippen molar-refractivity contribution in [2.24, 2.45) is 0 Å². The zero-order chi connectivity index (χ0) is 33.5. The first-order valence-electron chi connectivity index (χ1n) is 17.5. The van der Waals surface area contributed by atoms with Crippen LogP contribution in [0.1, 0.15) is 0 Å². The minimum atomic E-state index is 0.670. The third kappa shape index (κ3) is 4.37. The summed E-state index contributed by atoms with van der Waals surface area (Å²) in [6, 6.07) is 67.0. The lowest BCUT2D eigenvalue weighted by Crippen LogP contribution is -1.92. The largest absolute Gasteiger partial charge is 0.309 e. The zero-order valence-corrected chi connectivity index (χ0v) is 28.7. The van der Waals surface area contributed by atoms with Crippen LogP contribution in [0.15, 0.2) is 182 Å². The van der Waals surface area contributed by atoms with Gasteiger partial charge in [0.25, 0.3) is 0 Å². The summed E-state index contributed by atoms with van der Waals surface area (Å²) in [4.78, 5) is 0. The monoisotopic (exact) mass is 666 g/mol. The fourth-order valence-corrected chi connectivity index (χ4v) is 9.58. The van der Waals surface area contributed by atoms with Crippen LogP contribution in [0.2, 0.25) is 0 Å². The van der Waals surface area contributed by atoms with Crippen molar-refractivity contribution in [3.05, 3.63) is 182 Å². The molecule has 0 aliphatic carbocycles. The molecule has 3 heteroatoms. The van der Waals surface area contributed by atoms with Crippen molar-refractivity contribution in [2.75, 3.05) is 0 Å². The molecule has 51 heavy (non-hydrogen) atoms. The van der Waals surface area contributed by atoms with Crippen LogP contribution < -0.4 is 0 Å². The van der Waals surface area contributed by atoms with Gasteiger partial charge in [-0.15, -0.1) is 8.19 Å². The highest BCUT2D eigenvalue weighted by atomic mass is 31.0. The topological polar surface area (TPSA) is 9.86 Å². The summed E-state index contributed by atoms with van der Waals surface area (Å²) in [5, 5.41) is 10.7. The van der Waals surface area contributed by atoms with Crippen LogP contribution in [0.5, 0.6) is 0 Å². The number of hydrogen-bond acceptors (Lipinski definition) is 0. The van der Waals surface area contributed by atoms with Crippen LogP contribution in [0.25, 0.3) is 98.2 Å². The smallest absolute Gasteiger partial charge is 0.0541 e. The number of hydrogen-bond donors (Lipinski definition) is 0. The Kier molecular flexibility index (Phi) is 6.19. The lowest BCUT2D eigenvalue weighted by atomic mass is 9.98. The predicted octanol–water partition coefficient (Wildman–Crippen LogP) is 13.6. The minimum Gasteiger partial charge on any atom is -0.309 e. The van der Waals surface area contributed by atoms with Gasteiger partial charge >= 0.3 is 0 Å². The first kappa shape index (κ1) is 28.5. The molecule has 0 saturated carbocycles. The second kappa shape index (κ2) is 11.1. The van der Waals surface area contributed by atoms with Crippen molar-refractivity contribution in [1.82, 2.24) is 9.13 Å². The molecule has 11 rings (SSSR count). The molecule has 8 aromatic carbocycles. The third-order valence-corrected chi connectivity index (χ3v) is 12.0. The number of para-hydroxylation sites is 4. The Morgan fingerprint density at radius 3 is 1.08 bits per heavy atom. The van der Waals surface area contributed by atoms with Crippen molar-refractivity contribution in [2.45, 2.75) is 0 Å². The Bertz CT molecular complexity index is 2910. The van der Waals surface area contributed by atoms with E-state index < -0.39 is 0 Å². The van der Waals surface area contributed by atoms with Gasteiger partial charge in [-0.25, -0.2) is 0 Å². The molecule has 0 atom stereocenters. The molecular weight excluding hydrogens is 636 g/mol. The number of fused-ring (bicyclic) bond motifs is 9. The predicted molar refractivity (Wildman–Crippen MR) is 221 cm³/mol. The van der Waals surface area contributed by atoms with E-state index in [4.69, 9.17) is 0 Å². The van der Waals surface area contributed by atoms with Gasteiger partial charge in [0.1, 0.15) is 0 Å². The molecular formula is C48H31N2P. The Labute approximate surface area is 296 Å². The normalized spacial score (nSPS) is 11.9. The van der Waals surface area contributed by atoms with Gasteiger partial charge in [-0.2, -0.15) is 0 Å². The van der Waals surface area contributed by atoms with Crippen molar-refractivity contribution < 1.29 is 0 Å². The maximum absolute atomic E-state index is 2.42. The number of nitrogens with zero attached hydrogens (tertiary/aromatic N) is 2. The molecule has 0 bridgehead atoms. The minimum absolute atomic E-state index is 0.670. The van der Waals surface area contributed by atoms with E-state index in [-0.39, 0.29) is 0 Å². The highest BCUT2D eigenvalue weighted by molar-refractivity contribution is 7.43. The van der Waals surface area contributed by atoms with Gasteiger partial charge in [0.15, 0.2) is 0 Å². The van der Waals surface area contributed by atoms with E-state index in [1.807, 2.05) is 0 Å². The molecule has 0 aliphatic rings.